The zero-order chi connectivity index (χ0) is 14.7. The van der Waals surface area contributed by atoms with Crippen molar-refractivity contribution in [1.82, 2.24) is 0 Å². The first-order chi connectivity index (χ1) is 9.47. The molecule has 0 aliphatic carbocycles. The molecule has 106 valence electrons. The Labute approximate surface area is 129 Å². The van der Waals surface area contributed by atoms with E-state index in [9.17, 15) is 0 Å². The molecule has 20 heavy (non-hydrogen) atoms. The van der Waals surface area contributed by atoms with Crippen molar-refractivity contribution in [3.63, 3.8) is 0 Å². The maximum Gasteiger partial charge on any atom is 0.0426 e. The highest BCUT2D eigenvalue weighted by Crippen LogP contribution is 2.29. The fourth-order valence-electron chi connectivity index (χ4n) is 2.40. The van der Waals surface area contributed by atoms with Gasteiger partial charge in [-0.3, -0.25) is 0 Å². The van der Waals surface area contributed by atoms with Crippen molar-refractivity contribution in [2.24, 2.45) is 5.73 Å². The van der Waals surface area contributed by atoms with E-state index in [2.05, 4.69) is 71.2 Å². The third kappa shape index (κ3) is 3.62. The summed E-state index contributed by atoms with van der Waals surface area (Å²) in [6.07, 6.45) is 0. The molecule has 0 saturated heterocycles. The van der Waals surface area contributed by atoms with Crippen molar-refractivity contribution in [3.8, 4) is 0 Å². The molecule has 0 fully saturated rings. The number of hydrogen-bond donors (Lipinski definition) is 1. The molecule has 0 aliphatic heterocycles. The van der Waals surface area contributed by atoms with Gasteiger partial charge in [0.2, 0.25) is 0 Å². The van der Waals surface area contributed by atoms with Gasteiger partial charge in [0, 0.05) is 29.8 Å². The van der Waals surface area contributed by atoms with E-state index in [1.54, 1.807) is 0 Å². The average Bonchev–Trinajstić information content (AvgIpc) is 2.38. The lowest BCUT2D eigenvalue weighted by Crippen LogP contribution is -2.20. The monoisotopic (exact) mass is 332 g/mol. The Hall–Kier alpha value is -1.32. The number of hydrogen-bond acceptors (Lipinski definition) is 2. The van der Waals surface area contributed by atoms with E-state index < -0.39 is 0 Å². The molecule has 0 heterocycles. The van der Waals surface area contributed by atoms with Crippen molar-refractivity contribution in [2.45, 2.75) is 26.4 Å². The highest BCUT2D eigenvalue weighted by atomic mass is 79.9. The maximum atomic E-state index is 6.08. The van der Waals surface area contributed by atoms with Crippen LogP contribution in [0.25, 0.3) is 0 Å². The predicted molar refractivity (Wildman–Crippen MR) is 90.0 cm³/mol. The van der Waals surface area contributed by atoms with Gasteiger partial charge in [0.05, 0.1) is 0 Å². The first-order valence-corrected chi connectivity index (χ1v) is 7.58. The third-order valence-electron chi connectivity index (χ3n) is 3.40. The fourth-order valence-corrected chi connectivity index (χ4v) is 2.75. The molecule has 2 aromatic carbocycles. The molecule has 1 atom stereocenters. The van der Waals surface area contributed by atoms with Gasteiger partial charge in [0.1, 0.15) is 0 Å². The molecule has 3 heteroatoms. The van der Waals surface area contributed by atoms with Crippen molar-refractivity contribution in [3.05, 3.63) is 63.6 Å². The zero-order valence-electron chi connectivity index (χ0n) is 12.2. The van der Waals surface area contributed by atoms with Crippen LogP contribution >= 0.6 is 15.9 Å². The van der Waals surface area contributed by atoms with E-state index in [0.29, 0.717) is 0 Å². The second-order valence-electron chi connectivity index (χ2n) is 5.34. The van der Waals surface area contributed by atoms with Gasteiger partial charge in [-0.2, -0.15) is 0 Å². The molecule has 0 bridgehead atoms. The van der Waals surface area contributed by atoms with Gasteiger partial charge >= 0.3 is 0 Å². The van der Waals surface area contributed by atoms with Crippen molar-refractivity contribution in [1.29, 1.82) is 0 Å². The molecule has 2 aromatic rings. The standard InChI is InChI=1S/C17H21BrN2/c1-12-5-4-6-14(9-12)11-20(3)17-10-15(18)7-8-16(17)13(2)19/h4-10,13H,11,19H2,1-3H3. The van der Waals surface area contributed by atoms with Crippen molar-refractivity contribution < 1.29 is 0 Å². The third-order valence-corrected chi connectivity index (χ3v) is 3.89. The summed E-state index contributed by atoms with van der Waals surface area (Å²) in [6.45, 7) is 5.01. The summed E-state index contributed by atoms with van der Waals surface area (Å²) in [5, 5.41) is 0. The van der Waals surface area contributed by atoms with Gasteiger partial charge in [-0.25, -0.2) is 0 Å². The van der Waals surface area contributed by atoms with Crippen LogP contribution in [0.4, 0.5) is 5.69 Å². The summed E-state index contributed by atoms with van der Waals surface area (Å²) >= 11 is 3.54. The topological polar surface area (TPSA) is 29.3 Å². The lowest BCUT2D eigenvalue weighted by Gasteiger charge is -2.24. The van der Waals surface area contributed by atoms with E-state index >= 15 is 0 Å². The van der Waals surface area contributed by atoms with Crippen LogP contribution in [-0.4, -0.2) is 7.05 Å². The van der Waals surface area contributed by atoms with E-state index in [0.717, 1.165) is 11.0 Å². The van der Waals surface area contributed by atoms with Gasteiger partial charge in [-0.1, -0.05) is 51.8 Å². The number of anilines is 1. The van der Waals surface area contributed by atoms with Crippen LogP contribution in [-0.2, 0) is 6.54 Å². The Morgan fingerprint density at radius 1 is 1.20 bits per heavy atom. The highest BCUT2D eigenvalue weighted by Gasteiger charge is 2.11. The van der Waals surface area contributed by atoms with E-state index in [1.807, 2.05) is 13.0 Å². The molecule has 0 saturated carbocycles. The fraction of sp³-hybridized carbons (Fsp3) is 0.294. The van der Waals surface area contributed by atoms with Crippen LogP contribution in [0.15, 0.2) is 46.9 Å². The largest absolute Gasteiger partial charge is 0.370 e. The Bertz CT molecular complexity index is 593. The molecular weight excluding hydrogens is 312 g/mol. The molecule has 0 aliphatic rings. The number of rotatable bonds is 4. The highest BCUT2D eigenvalue weighted by molar-refractivity contribution is 9.10. The summed E-state index contributed by atoms with van der Waals surface area (Å²) in [4.78, 5) is 2.25. The predicted octanol–water partition coefficient (Wildman–Crippen LogP) is 4.41. The number of aryl methyl sites for hydroxylation is 1. The molecule has 0 amide bonds. The van der Waals surface area contributed by atoms with Gasteiger partial charge in [0.15, 0.2) is 0 Å². The van der Waals surface area contributed by atoms with Crippen molar-refractivity contribution in [2.75, 3.05) is 11.9 Å². The van der Waals surface area contributed by atoms with E-state index in [4.69, 9.17) is 5.73 Å². The molecular formula is C17H21BrN2. The minimum atomic E-state index is 0.0260. The number of nitrogens with zero attached hydrogens (tertiary/aromatic N) is 1. The average molecular weight is 333 g/mol. The molecule has 2 nitrogen and oxygen atoms in total. The summed E-state index contributed by atoms with van der Waals surface area (Å²) in [6, 6.07) is 14.9. The second kappa shape index (κ2) is 6.42. The van der Waals surface area contributed by atoms with Gasteiger partial charge in [0.25, 0.3) is 0 Å². The second-order valence-corrected chi connectivity index (χ2v) is 6.25. The Morgan fingerprint density at radius 3 is 2.60 bits per heavy atom. The molecule has 0 spiro atoms. The number of benzene rings is 2. The number of halogens is 1. The van der Waals surface area contributed by atoms with Gasteiger partial charge in [-0.15, -0.1) is 0 Å². The van der Waals surface area contributed by atoms with Crippen molar-refractivity contribution >= 4 is 21.6 Å². The smallest absolute Gasteiger partial charge is 0.0426 e. The molecule has 2 rings (SSSR count). The van der Waals surface area contributed by atoms with Gasteiger partial charge < -0.3 is 10.6 Å². The van der Waals surface area contributed by atoms with Crippen LogP contribution in [0.1, 0.15) is 29.7 Å². The Balaban J connectivity index is 2.28. The lowest BCUT2D eigenvalue weighted by molar-refractivity contribution is 0.800. The van der Waals surface area contributed by atoms with E-state index in [-0.39, 0.29) is 6.04 Å². The molecule has 1 unspecified atom stereocenters. The Morgan fingerprint density at radius 2 is 1.95 bits per heavy atom. The maximum absolute atomic E-state index is 6.08. The van der Waals surface area contributed by atoms with Crippen LogP contribution in [0.5, 0.6) is 0 Å². The van der Waals surface area contributed by atoms with E-state index in [1.165, 1.54) is 22.4 Å². The lowest BCUT2D eigenvalue weighted by atomic mass is 10.1. The summed E-state index contributed by atoms with van der Waals surface area (Å²) in [5.41, 5.74) is 11.0. The first kappa shape index (κ1) is 15.1. The van der Waals surface area contributed by atoms with Crippen LogP contribution in [0.2, 0.25) is 0 Å². The minimum Gasteiger partial charge on any atom is -0.370 e. The summed E-state index contributed by atoms with van der Waals surface area (Å²) in [7, 11) is 2.11. The summed E-state index contributed by atoms with van der Waals surface area (Å²) in [5.74, 6) is 0. The van der Waals surface area contributed by atoms with Crippen LogP contribution < -0.4 is 10.6 Å². The quantitative estimate of drug-likeness (QED) is 0.898. The number of nitrogens with two attached hydrogens (primary N) is 1. The van der Waals surface area contributed by atoms with Crippen LogP contribution in [0.3, 0.4) is 0 Å². The first-order valence-electron chi connectivity index (χ1n) is 6.79. The zero-order valence-corrected chi connectivity index (χ0v) is 13.8. The van der Waals surface area contributed by atoms with Crippen LogP contribution in [0, 0.1) is 6.92 Å². The van der Waals surface area contributed by atoms with Gasteiger partial charge in [-0.05, 0) is 37.1 Å². The normalized spacial score (nSPS) is 12.2. The SMILES string of the molecule is Cc1cccc(CN(C)c2cc(Br)ccc2C(C)N)c1. The Kier molecular flexibility index (Phi) is 4.84. The molecule has 2 N–H and O–H groups in total. The summed E-state index contributed by atoms with van der Waals surface area (Å²) < 4.78 is 1.08. The molecule has 0 radical (unpaired) electrons. The minimum absolute atomic E-state index is 0.0260. The molecule has 0 aromatic heterocycles.